The van der Waals surface area contributed by atoms with Crippen LogP contribution in [0.15, 0.2) is 24.3 Å². The monoisotopic (exact) mass is 234 g/mol. The second kappa shape index (κ2) is 8.30. The molecule has 1 atom stereocenters. The summed E-state index contributed by atoms with van der Waals surface area (Å²) in [5.41, 5.74) is 2.92. The third kappa shape index (κ3) is 5.36. The Hall–Kier alpha value is -0.820. The van der Waals surface area contributed by atoms with Crippen LogP contribution in [0, 0.1) is 0 Å². The molecule has 0 aromatic heterocycles. The van der Waals surface area contributed by atoms with Crippen LogP contribution >= 0.6 is 0 Å². The maximum absolute atomic E-state index is 5.50. The first-order chi connectivity index (χ1) is 8.27. The average Bonchev–Trinajstić information content (AvgIpc) is 2.38. The normalized spacial score (nSPS) is 12.6. The predicted octanol–water partition coefficient (Wildman–Crippen LogP) is 4.56. The van der Waals surface area contributed by atoms with E-state index in [1.807, 2.05) is 0 Å². The number of rotatable bonds is 8. The van der Waals surface area contributed by atoms with Crippen molar-refractivity contribution in [2.24, 2.45) is 0 Å². The molecule has 0 heterocycles. The molecular weight excluding hydrogens is 208 g/mol. The van der Waals surface area contributed by atoms with Crippen molar-refractivity contribution in [2.75, 3.05) is 13.2 Å². The molecule has 0 fully saturated rings. The van der Waals surface area contributed by atoms with Gasteiger partial charge in [0.1, 0.15) is 0 Å². The molecule has 1 aromatic rings. The summed E-state index contributed by atoms with van der Waals surface area (Å²) in [7, 11) is 0. The lowest BCUT2D eigenvalue weighted by atomic mass is 9.96. The molecule has 0 amide bonds. The van der Waals surface area contributed by atoms with E-state index in [0.717, 1.165) is 32.5 Å². The molecule has 0 aliphatic carbocycles. The van der Waals surface area contributed by atoms with Crippen molar-refractivity contribution >= 4 is 0 Å². The third-order valence-corrected chi connectivity index (χ3v) is 3.24. The summed E-state index contributed by atoms with van der Waals surface area (Å²) >= 11 is 0. The quantitative estimate of drug-likeness (QED) is 0.599. The van der Waals surface area contributed by atoms with E-state index < -0.39 is 0 Å². The van der Waals surface area contributed by atoms with E-state index in [9.17, 15) is 0 Å². The fourth-order valence-electron chi connectivity index (χ4n) is 1.92. The van der Waals surface area contributed by atoms with E-state index in [2.05, 4.69) is 45.0 Å². The van der Waals surface area contributed by atoms with Crippen LogP contribution in [0.2, 0.25) is 0 Å². The van der Waals surface area contributed by atoms with Gasteiger partial charge in [0.2, 0.25) is 0 Å². The Morgan fingerprint density at radius 1 is 1.18 bits per heavy atom. The predicted molar refractivity (Wildman–Crippen MR) is 74.6 cm³/mol. The topological polar surface area (TPSA) is 9.23 Å². The van der Waals surface area contributed by atoms with Gasteiger partial charge in [0, 0.05) is 13.2 Å². The Morgan fingerprint density at radius 2 is 2.00 bits per heavy atom. The van der Waals surface area contributed by atoms with E-state index in [4.69, 9.17) is 4.74 Å². The molecule has 0 N–H and O–H groups in total. The van der Waals surface area contributed by atoms with Gasteiger partial charge in [-0.15, -0.1) is 0 Å². The molecule has 0 bridgehead atoms. The van der Waals surface area contributed by atoms with Gasteiger partial charge in [0.25, 0.3) is 0 Å². The summed E-state index contributed by atoms with van der Waals surface area (Å²) in [5, 5.41) is 0. The molecule has 1 nitrogen and oxygen atoms in total. The smallest absolute Gasteiger partial charge is 0.0469 e. The zero-order valence-corrected chi connectivity index (χ0v) is 11.5. The summed E-state index contributed by atoms with van der Waals surface area (Å²) in [6, 6.07) is 9.01. The molecule has 96 valence electrons. The number of hydrogen-bond donors (Lipinski definition) is 0. The highest BCUT2D eigenvalue weighted by atomic mass is 16.5. The van der Waals surface area contributed by atoms with Crippen LogP contribution in [0.5, 0.6) is 0 Å². The van der Waals surface area contributed by atoms with Crippen LogP contribution in [-0.4, -0.2) is 13.2 Å². The molecule has 0 spiro atoms. The molecule has 1 heteroatoms. The average molecular weight is 234 g/mol. The zero-order chi connectivity index (χ0) is 12.5. The number of hydrogen-bond acceptors (Lipinski definition) is 1. The Kier molecular flexibility index (Phi) is 6.95. The molecule has 1 unspecified atom stereocenters. The van der Waals surface area contributed by atoms with Crippen molar-refractivity contribution in [1.82, 2.24) is 0 Å². The lowest BCUT2D eigenvalue weighted by molar-refractivity contribution is 0.132. The summed E-state index contributed by atoms with van der Waals surface area (Å²) < 4.78 is 5.50. The third-order valence-electron chi connectivity index (χ3n) is 3.24. The first-order valence-electron chi connectivity index (χ1n) is 6.94. The largest absolute Gasteiger partial charge is 0.381 e. The summed E-state index contributed by atoms with van der Waals surface area (Å²) in [6.07, 6.45) is 4.59. The minimum Gasteiger partial charge on any atom is -0.381 e. The van der Waals surface area contributed by atoms with Crippen LogP contribution in [0.1, 0.15) is 57.1 Å². The Bertz CT molecular complexity index is 306. The van der Waals surface area contributed by atoms with Crippen LogP contribution < -0.4 is 0 Å². The maximum atomic E-state index is 5.50. The second-order valence-electron chi connectivity index (χ2n) is 4.77. The van der Waals surface area contributed by atoms with Gasteiger partial charge in [0.05, 0.1) is 0 Å². The Balaban J connectivity index is 2.38. The van der Waals surface area contributed by atoms with Gasteiger partial charge < -0.3 is 4.74 Å². The fourth-order valence-corrected chi connectivity index (χ4v) is 1.92. The molecule has 0 radical (unpaired) electrons. The highest BCUT2D eigenvalue weighted by molar-refractivity contribution is 5.26. The van der Waals surface area contributed by atoms with Crippen LogP contribution in [0.25, 0.3) is 0 Å². The number of aryl methyl sites for hydroxylation is 1. The first kappa shape index (κ1) is 14.2. The highest BCUT2D eigenvalue weighted by Gasteiger charge is 2.03. The SMILES string of the molecule is CCCOCCCc1cccc(C(C)CC)c1. The van der Waals surface area contributed by atoms with E-state index in [1.165, 1.54) is 17.5 Å². The van der Waals surface area contributed by atoms with Crippen LogP contribution in [0.3, 0.4) is 0 Å². The Labute approximate surface area is 106 Å². The van der Waals surface area contributed by atoms with Crippen LogP contribution in [0.4, 0.5) is 0 Å². The second-order valence-corrected chi connectivity index (χ2v) is 4.77. The van der Waals surface area contributed by atoms with Crippen molar-refractivity contribution < 1.29 is 4.74 Å². The molecule has 0 saturated heterocycles. The van der Waals surface area contributed by atoms with Gasteiger partial charge in [-0.1, -0.05) is 45.0 Å². The van der Waals surface area contributed by atoms with Crippen LogP contribution in [-0.2, 0) is 11.2 Å². The minimum absolute atomic E-state index is 0.672. The Morgan fingerprint density at radius 3 is 2.71 bits per heavy atom. The lowest BCUT2D eigenvalue weighted by Crippen LogP contribution is -1.98. The number of ether oxygens (including phenoxy) is 1. The molecule has 1 rings (SSSR count). The van der Waals surface area contributed by atoms with Crippen molar-refractivity contribution in [1.29, 1.82) is 0 Å². The van der Waals surface area contributed by atoms with E-state index in [-0.39, 0.29) is 0 Å². The maximum Gasteiger partial charge on any atom is 0.0469 e. The van der Waals surface area contributed by atoms with Gasteiger partial charge in [-0.25, -0.2) is 0 Å². The van der Waals surface area contributed by atoms with Crippen molar-refractivity contribution in [3.05, 3.63) is 35.4 Å². The van der Waals surface area contributed by atoms with E-state index in [0.29, 0.717) is 5.92 Å². The molecular formula is C16H26O. The molecule has 0 saturated carbocycles. The van der Waals surface area contributed by atoms with Gasteiger partial charge in [-0.2, -0.15) is 0 Å². The van der Waals surface area contributed by atoms with Crippen molar-refractivity contribution in [2.45, 2.75) is 52.4 Å². The van der Waals surface area contributed by atoms with E-state index >= 15 is 0 Å². The van der Waals surface area contributed by atoms with Gasteiger partial charge in [-0.3, -0.25) is 0 Å². The highest BCUT2D eigenvalue weighted by Crippen LogP contribution is 2.20. The van der Waals surface area contributed by atoms with Gasteiger partial charge in [-0.05, 0) is 42.7 Å². The molecule has 0 aliphatic rings. The van der Waals surface area contributed by atoms with Gasteiger partial charge >= 0.3 is 0 Å². The number of benzene rings is 1. The molecule has 17 heavy (non-hydrogen) atoms. The first-order valence-corrected chi connectivity index (χ1v) is 6.94. The van der Waals surface area contributed by atoms with E-state index in [1.54, 1.807) is 0 Å². The van der Waals surface area contributed by atoms with Crippen molar-refractivity contribution in [3.8, 4) is 0 Å². The fraction of sp³-hybridized carbons (Fsp3) is 0.625. The summed E-state index contributed by atoms with van der Waals surface area (Å²) in [4.78, 5) is 0. The zero-order valence-electron chi connectivity index (χ0n) is 11.5. The summed E-state index contributed by atoms with van der Waals surface area (Å²) in [5.74, 6) is 0.672. The van der Waals surface area contributed by atoms with Gasteiger partial charge in [0.15, 0.2) is 0 Å². The minimum atomic E-state index is 0.672. The summed E-state index contributed by atoms with van der Waals surface area (Å²) in [6.45, 7) is 8.48. The molecule has 0 aliphatic heterocycles. The lowest BCUT2D eigenvalue weighted by Gasteiger charge is -2.10. The molecule has 1 aromatic carbocycles. The van der Waals surface area contributed by atoms with Crippen molar-refractivity contribution in [3.63, 3.8) is 0 Å². The standard InChI is InChI=1S/C16H26O/c1-4-11-17-12-7-9-15-8-6-10-16(13-15)14(3)5-2/h6,8,10,13-14H,4-5,7,9,11-12H2,1-3H3.